The van der Waals surface area contributed by atoms with Crippen LogP contribution >= 0.6 is 0 Å². The number of nitrogens with one attached hydrogen (secondary N) is 3. The number of hydrogen-bond donors (Lipinski definition) is 4. The number of allylic oxidation sites excluding steroid dienone is 1. The van der Waals surface area contributed by atoms with Gasteiger partial charge in [0.15, 0.2) is 0 Å². The van der Waals surface area contributed by atoms with Gasteiger partial charge in [0.2, 0.25) is 0 Å². The molecule has 3 aromatic rings. The summed E-state index contributed by atoms with van der Waals surface area (Å²) in [7, 11) is 0. The van der Waals surface area contributed by atoms with Gasteiger partial charge >= 0.3 is 6.09 Å². The van der Waals surface area contributed by atoms with E-state index in [0.717, 1.165) is 48.9 Å². The van der Waals surface area contributed by atoms with Gasteiger partial charge in [0.25, 0.3) is 0 Å². The SMILES string of the molecule is CC(C)(C)OC(=O)N/C(=C\C(=N)Nc1cc(Cc2ccccc2)cc(-c2cccc(N)c2)n1)C1CCCC1. The first kappa shape index (κ1) is 26.9. The summed E-state index contributed by atoms with van der Waals surface area (Å²) in [5.74, 6) is 0.885. The second-order valence-electron chi connectivity index (χ2n) is 10.8. The van der Waals surface area contributed by atoms with Gasteiger partial charge in [-0.2, -0.15) is 0 Å². The van der Waals surface area contributed by atoms with Crippen LogP contribution in [-0.2, 0) is 11.2 Å². The molecule has 1 aliphatic rings. The van der Waals surface area contributed by atoms with E-state index in [1.165, 1.54) is 5.56 Å². The molecule has 0 bridgehead atoms. The van der Waals surface area contributed by atoms with Gasteiger partial charge < -0.3 is 15.8 Å². The molecule has 0 unspecified atom stereocenters. The zero-order valence-corrected chi connectivity index (χ0v) is 22.4. The maximum Gasteiger partial charge on any atom is 0.411 e. The molecule has 38 heavy (non-hydrogen) atoms. The molecule has 198 valence electrons. The number of ether oxygens (including phenoxy) is 1. The zero-order valence-electron chi connectivity index (χ0n) is 22.4. The van der Waals surface area contributed by atoms with Crippen LogP contribution in [0.1, 0.15) is 57.6 Å². The Bertz CT molecular complexity index is 1310. The molecule has 1 aliphatic carbocycles. The van der Waals surface area contributed by atoms with E-state index in [1.807, 2.05) is 69.3 Å². The number of nitrogens with zero attached hydrogens (tertiary/aromatic N) is 1. The summed E-state index contributed by atoms with van der Waals surface area (Å²) < 4.78 is 5.47. The molecule has 5 N–H and O–H groups in total. The number of hydrogen-bond acceptors (Lipinski definition) is 5. The van der Waals surface area contributed by atoms with Crippen molar-refractivity contribution in [2.24, 2.45) is 5.92 Å². The molecule has 1 heterocycles. The van der Waals surface area contributed by atoms with Crippen molar-refractivity contribution < 1.29 is 9.53 Å². The number of carbonyl (C=O) groups excluding carboxylic acids is 1. The molecule has 0 atom stereocenters. The second kappa shape index (κ2) is 11.9. The number of rotatable bonds is 7. The summed E-state index contributed by atoms with van der Waals surface area (Å²) in [5, 5.41) is 14.8. The first-order valence-corrected chi connectivity index (χ1v) is 13.1. The van der Waals surface area contributed by atoms with Crippen molar-refractivity contribution in [3.05, 3.63) is 89.6 Å². The van der Waals surface area contributed by atoms with E-state index in [4.69, 9.17) is 20.9 Å². The maximum absolute atomic E-state index is 12.5. The van der Waals surface area contributed by atoms with Gasteiger partial charge in [0.05, 0.1) is 5.69 Å². The number of amidine groups is 1. The number of pyridine rings is 1. The Morgan fingerprint density at radius 3 is 2.47 bits per heavy atom. The fraction of sp³-hybridized carbons (Fsp3) is 0.323. The Balaban J connectivity index is 1.61. The van der Waals surface area contributed by atoms with Gasteiger partial charge in [-0.15, -0.1) is 0 Å². The number of carbonyl (C=O) groups is 1. The molecular formula is C31H37N5O2. The van der Waals surface area contributed by atoms with Crippen LogP contribution in [0.2, 0.25) is 0 Å². The zero-order chi connectivity index (χ0) is 27.1. The lowest BCUT2D eigenvalue weighted by atomic mass is 10.0. The van der Waals surface area contributed by atoms with Gasteiger partial charge in [-0.3, -0.25) is 10.7 Å². The van der Waals surface area contributed by atoms with Crippen molar-refractivity contribution in [1.82, 2.24) is 10.3 Å². The molecule has 0 saturated heterocycles. The standard InChI is InChI=1S/C31H37N5O2/c1-31(2,3)38-30(37)35-27(23-12-7-8-13-23)20-28(33)36-29-18-22(16-21-10-5-4-6-11-21)17-26(34-29)24-14-9-15-25(32)19-24/h4-6,9-11,14-15,17-20,23H,7-8,12-13,16,32H2,1-3H3,(H,35,37)(H2,33,34,36)/b27-20-. The van der Waals surface area contributed by atoms with E-state index in [-0.39, 0.29) is 11.8 Å². The minimum absolute atomic E-state index is 0.144. The normalized spacial score (nSPS) is 14.2. The van der Waals surface area contributed by atoms with Crippen molar-refractivity contribution in [3.63, 3.8) is 0 Å². The minimum atomic E-state index is -0.600. The predicted octanol–water partition coefficient (Wildman–Crippen LogP) is 6.91. The summed E-state index contributed by atoms with van der Waals surface area (Å²) in [6, 6.07) is 21.9. The number of nitrogens with two attached hydrogens (primary N) is 1. The third-order valence-corrected chi connectivity index (χ3v) is 6.32. The van der Waals surface area contributed by atoms with Crippen LogP contribution in [0.25, 0.3) is 11.3 Å². The lowest BCUT2D eigenvalue weighted by molar-refractivity contribution is 0.0540. The highest BCUT2D eigenvalue weighted by molar-refractivity contribution is 6.01. The topological polar surface area (TPSA) is 113 Å². The smallest absolute Gasteiger partial charge is 0.411 e. The van der Waals surface area contributed by atoms with Gasteiger partial charge in [0, 0.05) is 16.9 Å². The van der Waals surface area contributed by atoms with E-state index < -0.39 is 11.7 Å². The monoisotopic (exact) mass is 511 g/mol. The second-order valence-corrected chi connectivity index (χ2v) is 10.8. The van der Waals surface area contributed by atoms with Gasteiger partial charge in [-0.25, -0.2) is 9.78 Å². The third-order valence-electron chi connectivity index (χ3n) is 6.32. The molecule has 0 radical (unpaired) electrons. The molecule has 7 heteroatoms. The lowest BCUT2D eigenvalue weighted by Crippen LogP contribution is -2.34. The number of aromatic nitrogens is 1. The Hall–Kier alpha value is -4.13. The van der Waals surface area contributed by atoms with Gasteiger partial charge in [-0.05, 0) is 87.4 Å². The molecule has 1 amide bonds. The molecule has 1 aromatic heterocycles. The van der Waals surface area contributed by atoms with E-state index in [9.17, 15) is 4.79 Å². The van der Waals surface area contributed by atoms with Crippen LogP contribution in [0.4, 0.5) is 16.3 Å². The van der Waals surface area contributed by atoms with Crippen molar-refractivity contribution in [2.45, 2.75) is 58.5 Å². The highest BCUT2D eigenvalue weighted by Gasteiger charge is 2.24. The average Bonchev–Trinajstić information content (AvgIpc) is 3.38. The number of nitrogen functional groups attached to an aromatic ring is 1. The number of anilines is 2. The van der Waals surface area contributed by atoms with Crippen molar-refractivity contribution in [3.8, 4) is 11.3 Å². The van der Waals surface area contributed by atoms with Crippen molar-refractivity contribution in [1.29, 1.82) is 5.41 Å². The lowest BCUT2D eigenvalue weighted by Gasteiger charge is -2.22. The Labute approximate surface area is 225 Å². The molecule has 7 nitrogen and oxygen atoms in total. The van der Waals surface area contributed by atoms with E-state index in [0.29, 0.717) is 17.2 Å². The summed E-state index contributed by atoms with van der Waals surface area (Å²) in [6.45, 7) is 5.50. The minimum Gasteiger partial charge on any atom is -0.444 e. The maximum atomic E-state index is 12.5. The van der Waals surface area contributed by atoms with Gasteiger partial charge in [-0.1, -0.05) is 55.3 Å². The molecule has 2 aromatic carbocycles. The average molecular weight is 512 g/mol. The Morgan fingerprint density at radius 1 is 1.05 bits per heavy atom. The fourth-order valence-corrected chi connectivity index (χ4v) is 4.67. The van der Waals surface area contributed by atoms with E-state index in [1.54, 1.807) is 6.08 Å². The Kier molecular flexibility index (Phi) is 8.46. The van der Waals surface area contributed by atoms with E-state index >= 15 is 0 Å². The predicted molar refractivity (Wildman–Crippen MR) is 154 cm³/mol. The molecule has 1 fully saturated rings. The quantitative estimate of drug-likeness (QED) is 0.156. The summed E-state index contributed by atoms with van der Waals surface area (Å²) >= 11 is 0. The third kappa shape index (κ3) is 7.93. The molecule has 0 aliphatic heterocycles. The largest absolute Gasteiger partial charge is 0.444 e. The first-order valence-electron chi connectivity index (χ1n) is 13.1. The fourth-order valence-electron chi connectivity index (χ4n) is 4.67. The van der Waals surface area contributed by atoms with Crippen LogP contribution in [0.3, 0.4) is 0 Å². The van der Waals surface area contributed by atoms with Crippen LogP contribution < -0.4 is 16.4 Å². The van der Waals surface area contributed by atoms with E-state index in [2.05, 4.69) is 28.8 Å². The summed E-state index contributed by atoms with van der Waals surface area (Å²) in [5.41, 5.74) is 10.7. The van der Waals surface area contributed by atoms with Crippen LogP contribution in [0.15, 0.2) is 78.5 Å². The summed E-state index contributed by atoms with van der Waals surface area (Å²) in [6.07, 6.45) is 6.06. The molecule has 0 spiro atoms. The molecule has 1 saturated carbocycles. The van der Waals surface area contributed by atoms with Crippen LogP contribution in [0.5, 0.6) is 0 Å². The Morgan fingerprint density at radius 2 is 1.79 bits per heavy atom. The first-order chi connectivity index (χ1) is 18.1. The molecular weight excluding hydrogens is 474 g/mol. The van der Waals surface area contributed by atoms with Crippen molar-refractivity contribution >= 4 is 23.4 Å². The van der Waals surface area contributed by atoms with Crippen LogP contribution in [-0.4, -0.2) is 22.5 Å². The van der Waals surface area contributed by atoms with Crippen LogP contribution in [0, 0.1) is 11.3 Å². The number of alkyl carbamates (subject to hydrolysis) is 1. The van der Waals surface area contributed by atoms with Gasteiger partial charge in [0.1, 0.15) is 17.3 Å². The number of amides is 1. The summed E-state index contributed by atoms with van der Waals surface area (Å²) in [4.78, 5) is 17.3. The van der Waals surface area contributed by atoms with Crippen molar-refractivity contribution in [2.75, 3.05) is 11.1 Å². The molecule has 4 rings (SSSR count). The highest BCUT2D eigenvalue weighted by Crippen LogP contribution is 2.30. The highest BCUT2D eigenvalue weighted by atomic mass is 16.6. The number of benzene rings is 2.